The largest absolute Gasteiger partial charge is 0.362 e. The molecule has 0 bridgehead atoms. The van der Waals surface area contributed by atoms with Gasteiger partial charge in [0.2, 0.25) is 0 Å². The molecule has 3 rings (SSSR count). The molecule has 3 aromatic rings. The standard InChI is InChI=1S/C21H25N5O/c1-16-8-5-6-9-17(16)19-11-10-18(20(23-19)24(2)3)21(27)25(4)14-15-26-13-7-12-22-26/h5-13H,14-15H2,1-4H3. The van der Waals surface area contributed by atoms with Crippen molar-refractivity contribution >= 4 is 11.7 Å². The van der Waals surface area contributed by atoms with Crippen molar-refractivity contribution in [1.82, 2.24) is 19.7 Å². The molecule has 140 valence electrons. The second kappa shape index (κ2) is 8.03. The zero-order valence-electron chi connectivity index (χ0n) is 16.3. The van der Waals surface area contributed by atoms with E-state index in [1.807, 2.05) is 60.2 Å². The summed E-state index contributed by atoms with van der Waals surface area (Å²) in [6.07, 6.45) is 3.63. The molecule has 0 fully saturated rings. The third kappa shape index (κ3) is 4.16. The first-order valence-electron chi connectivity index (χ1n) is 8.94. The van der Waals surface area contributed by atoms with Crippen LogP contribution in [-0.4, -0.2) is 53.3 Å². The minimum atomic E-state index is -0.0466. The molecule has 6 heteroatoms. The minimum Gasteiger partial charge on any atom is -0.362 e. The van der Waals surface area contributed by atoms with Crippen molar-refractivity contribution in [1.29, 1.82) is 0 Å². The lowest BCUT2D eigenvalue weighted by atomic mass is 10.0. The summed E-state index contributed by atoms with van der Waals surface area (Å²) in [5, 5.41) is 4.18. The maximum Gasteiger partial charge on any atom is 0.257 e. The van der Waals surface area contributed by atoms with Crippen LogP contribution in [0.15, 0.2) is 54.9 Å². The van der Waals surface area contributed by atoms with Gasteiger partial charge in [-0.25, -0.2) is 4.98 Å². The van der Waals surface area contributed by atoms with Crippen molar-refractivity contribution < 1.29 is 4.79 Å². The Morgan fingerprint density at radius 3 is 2.52 bits per heavy atom. The van der Waals surface area contributed by atoms with Gasteiger partial charge < -0.3 is 9.80 Å². The molecule has 1 aromatic carbocycles. The fraction of sp³-hybridized carbons (Fsp3) is 0.286. The molecule has 1 amide bonds. The molecule has 0 saturated carbocycles. The van der Waals surface area contributed by atoms with Gasteiger partial charge in [-0.1, -0.05) is 24.3 Å². The summed E-state index contributed by atoms with van der Waals surface area (Å²) >= 11 is 0. The highest BCUT2D eigenvalue weighted by atomic mass is 16.2. The SMILES string of the molecule is Cc1ccccc1-c1ccc(C(=O)N(C)CCn2cccn2)c(N(C)C)n1. The van der Waals surface area contributed by atoms with Gasteiger partial charge in [-0.05, 0) is 30.7 Å². The Morgan fingerprint density at radius 1 is 1.07 bits per heavy atom. The number of carbonyl (C=O) groups excluding carboxylic acids is 1. The molecular weight excluding hydrogens is 338 g/mol. The summed E-state index contributed by atoms with van der Waals surface area (Å²) in [5.74, 6) is 0.626. The van der Waals surface area contributed by atoms with Gasteiger partial charge >= 0.3 is 0 Å². The highest BCUT2D eigenvalue weighted by molar-refractivity contribution is 5.99. The van der Waals surface area contributed by atoms with Gasteiger partial charge in [-0.3, -0.25) is 9.48 Å². The zero-order chi connectivity index (χ0) is 19.4. The summed E-state index contributed by atoms with van der Waals surface area (Å²) in [7, 11) is 5.62. The average Bonchev–Trinajstić information content (AvgIpc) is 3.19. The number of aryl methyl sites for hydroxylation is 1. The highest BCUT2D eigenvalue weighted by Crippen LogP contribution is 2.26. The van der Waals surface area contributed by atoms with Gasteiger partial charge in [0.25, 0.3) is 5.91 Å². The number of anilines is 1. The van der Waals surface area contributed by atoms with Crippen LogP contribution in [0, 0.1) is 6.92 Å². The second-order valence-electron chi connectivity index (χ2n) is 6.77. The van der Waals surface area contributed by atoms with Crippen molar-refractivity contribution in [2.75, 3.05) is 32.6 Å². The van der Waals surface area contributed by atoms with Gasteiger partial charge in [0.05, 0.1) is 17.8 Å². The lowest BCUT2D eigenvalue weighted by molar-refractivity contribution is 0.0789. The Kier molecular flexibility index (Phi) is 5.54. The number of benzene rings is 1. The Bertz CT molecular complexity index is 918. The van der Waals surface area contributed by atoms with E-state index in [0.29, 0.717) is 24.5 Å². The number of amides is 1. The summed E-state index contributed by atoms with van der Waals surface area (Å²) in [6.45, 7) is 3.29. The Balaban J connectivity index is 1.86. The first kappa shape index (κ1) is 18.6. The van der Waals surface area contributed by atoms with Gasteiger partial charge in [0.15, 0.2) is 0 Å². The van der Waals surface area contributed by atoms with Crippen LogP contribution >= 0.6 is 0 Å². The number of hydrogen-bond donors (Lipinski definition) is 0. The highest BCUT2D eigenvalue weighted by Gasteiger charge is 2.19. The monoisotopic (exact) mass is 363 g/mol. The van der Waals surface area contributed by atoms with Crippen molar-refractivity contribution in [3.63, 3.8) is 0 Å². The maximum absolute atomic E-state index is 13.0. The molecule has 0 radical (unpaired) electrons. The first-order chi connectivity index (χ1) is 13.0. The van der Waals surface area contributed by atoms with E-state index in [1.54, 1.807) is 18.1 Å². The van der Waals surface area contributed by atoms with Crippen molar-refractivity contribution in [3.8, 4) is 11.3 Å². The topological polar surface area (TPSA) is 54.3 Å². The zero-order valence-corrected chi connectivity index (χ0v) is 16.3. The summed E-state index contributed by atoms with van der Waals surface area (Å²) < 4.78 is 1.82. The third-order valence-electron chi connectivity index (χ3n) is 4.52. The number of carbonyl (C=O) groups is 1. The number of rotatable bonds is 6. The molecule has 0 saturated heterocycles. The predicted molar refractivity (Wildman–Crippen MR) is 108 cm³/mol. The van der Waals surface area contributed by atoms with Gasteiger partial charge in [0.1, 0.15) is 5.82 Å². The Hall–Kier alpha value is -3.15. The lowest BCUT2D eigenvalue weighted by Gasteiger charge is -2.22. The summed E-state index contributed by atoms with van der Waals surface area (Å²) in [5.41, 5.74) is 3.70. The van der Waals surface area contributed by atoms with Crippen molar-refractivity contribution in [2.24, 2.45) is 0 Å². The molecule has 0 aliphatic rings. The fourth-order valence-electron chi connectivity index (χ4n) is 2.96. The van der Waals surface area contributed by atoms with E-state index < -0.39 is 0 Å². The van der Waals surface area contributed by atoms with E-state index in [9.17, 15) is 4.79 Å². The van der Waals surface area contributed by atoms with E-state index in [1.165, 1.54) is 0 Å². The molecule has 0 N–H and O–H groups in total. The molecular formula is C21H25N5O. The van der Waals surface area contributed by atoms with Gasteiger partial charge in [0, 0.05) is 45.6 Å². The van der Waals surface area contributed by atoms with Crippen LogP contribution in [-0.2, 0) is 6.54 Å². The molecule has 2 aromatic heterocycles. The smallest absolute Gasteiger partial charge is 0.257 e. The molecule has 0 aliphatic heterocycles. The number of likely N-dealkylation sites (N-methyl/N-ethyl adjacent to an activating group) is 1. The number of hydrogen-bond acceptors (Lipinski definition) is 4. The quantitative estimate of drug-likeness (QED) is 0.675. The first-order valence-corrected chi connectivity index (χ1v) is 8.94. The predicted octanol–water partition coefficient (Wildman–Crippen LogP) is 3.09. The van der Waals surface area contributed by atoms with Gasteiger partial charge in [-0.2, -0.15) is 5.10 Å². The van der Waals surface area contributed by atoms with Gasteiger partial charge in [-0.15, -0.1) is 0 Å². The average molecular weight is 363 g/mol. The van der Waals surface area contributed by atoms with Crippen LogP contribution in [0.25, 0.3) is 11.3 Å². The number of nitrogens with zero attached hydrogens (tertiary/aromatic N) is 5. The van der Waals surface area contributed by atoms with Crippen LogP contribution in [0.5, 0.6) is 0 Å². The van der Waals surface area contributed by atoms with E-state index in [4.69, 9.17) is 4.98 Å². The van der Waals surface area contributed by atoms with E-state index in [-0.39, 0.29) is 5.91 Å². The molecule has 0 spiro atoms. The summed E-state index contributed by atoms with van der Waals surface area (Å²) in [4.78, 5) is 21.3. The third-order valence-corrected chi connectivity index (χ3v) is 4.52. The van der Waals surface area contributed by atoms with E-state index in [0.717, 1.165) is 16.8 Å². The minimum absolute atomic E-state index is 0.0466. The van der Waals surface area contributed by atoms with E-state index >= 15 is 0 Å². The van der Waals surface area contributed by atoms with Crippen molar-refractivity contribution in [2.45, 2.75) is 13.5 Å². The molecule has 0 atom stereocenters. The fourth-order valence-corrected chi connectivity index (χ4v) is 2.96. The van der Waals surface area contributed by atoms with Crippen LogP contribution in [0.1, 0.15) is 15.9 Å². The van der Waals surface area contributed by atoms with Crippen LogP contribution in [0.4, 0.5) is 5.82 Å². The van der Waals surface area contributed by atoms with E-state index in [2.05, 4.69) is 24.2 Å². The van der Waals surface area contributed by atoms with Crippen LogP contribution in [0.3, 0.4) is 0 Å². The molecule has 0 unspecified atom stereocenters. The second-order valence-corrected chi connectivity index (χ2v) is 6.77. The maximum atomic E-state index is 13.0. The molecule has 2 heterocycles. The molecule has 27 heavy (non-hydrogen) atoms. The van der Waals surface area contributed by atoms with Crippen LogP contribution < -0.4 is 4.90 Å². The molecule has 6 nitrogen and oxygen atoms in total. The number of aromatic nitrogens is 3. The Labute approximate surface area is 160 Å². The Morgan fingerprint density at radius 2 is 1.85 bits per heavy atom. The normalized spacial score (nSPS) is 10.7. The van der Waals surface area contributed by atoms with Crippen molar-refractivity contribution in [3.05, 3.63) is 66.0 Å². The number of pyridine rings is 1. The van der Waals surface area contributed by atoms with Crippen LogP contribution in [0.2, 0.25) is 0 Å². The summed E-state index contributed by atoms with van der Waals surface area (Å²) in [6, 6.07) is 13.8. The lowest BCUT2D eigenvalue weighted by Crippen LogP contribution is -2.31. The molecule has 0 aliphatic carbocycles.